The summed E-state index contributed by atoms with van der Waals surface area (Å²) >= 11 is 1.65. The normalized spacial score (nSPS) is 23.7. The van der Waals surface area contributed by atoms with Gasteiger partial charge in [-0.05, 0) is 43.4 Å². The maximum atomic E-state index is 12.0. The molecule has 0 spiro atoms. The van der Waals surface area contributed by atoms with Crippen molar-refractivity contribution in [1.82, 2.24) is 5.32 Å². The summed E-state index contributed by atoms with van der Waals surface area (Å²) in [7, 11) is 0. The van der Waals surface area contributed by atoms with Crippen molar-refractivity contribution in [2.45, 2.75) is 42.7 Å². The highest BCUT2D eigenvalue weighted by molar-refractivity contribution is 7.98. The van der Waals surface area contributed by atoms with Crippen LogP contribution in [0.2, 0.25) is 0 Å². The minimum absolute atomic E-state index is 0.0893. The van der Waals surface area contributed by atoms with Crippen molar-refractivity contribution >= 4 is 17.7 Å². The number of hydrogen-bond donors (Lipinski definition) is 2. The van der Waals surface area contributed by atoms with Gasteiger partial charge in [-0.25, -0.2) is 0 Å². The molecule has 1 aromatic rings. The first-order chi connectivity index (χ1) is 8.70. The van der Waals surface area contributed by atoms with Crippen LogP contribution in [0.4, 0.5) is 0 Å². The van der Waals surface area contributed by atoms with Crippen LogP contribution in [0.25, 0.3) is 0 Å². The van der Waals surface area contributed by atoms with Crippen LogP contribution in [-0.2, 0) is 0 Å². The fourth-order valence-corrected chi connectivity index (χ4v) is 2.68. The Hall–Kier alpha value is -1.00. The molecule has 1 aromatic carbocycles. The third-order valence-corrected chi connectivity index (χ3v) is 4.14. The Morgan fingerprint density at radius 1 is 1.28 bits per heavy atom. The zero-order chi connectivity index (χ0) is 13.0. The Morgan fingerprint density at radius 3 is 2.56 bits per heavy atom. The first-order valence-corrected chi connectivity index (χ1v) is 7.56. The zero-order valence-electron chi connectivity index (χ0n) is 10.6. The highest BCUT2D eigenvalue weighted by Crippen LogP contribution is 2.19. The van der Waals surface area contributed by atoms with Crippen molar-refractivity contribution in [3.63, 3.8) is 0 Å². The Balaban J connectivity index is 1.97. The molecule has 1 fully saturated rings. The predicted octanol–water partition coefficient (Wildman–Crippen LogP) is 2.44. The van der Waals surface area contributed by atoms with Gasteiger partial charge in [0.05, 0.1) is 12.1 Å². The second kappa shape index (κ2) is 6.25. The summed E-state index contributed by atoms with van der Waals surface area (Å²) in [6.07, 6.45) is 5.40. The van der Waals surface area contributed by atoms with Crippen LogP contribution in [-0.4, -0.2) is 29.4 Å². The van der Waals surface area contributed by atoms with E-state index >= 15 is 0 Å². The maximum Gasteiger partial charge on any atom is 0.251 e. The van der Waals surface area contributed by atoms with E-state index in [4.69, 9.17) is 0 Å². The lowest BCUT2D eigenvalue weighted by atomic mass is 9.92. The van der Waals surface area contributed by atoms with Gasteiger partial charge in [-0.2, -0.15) is 0 Å². The molecule has 2 N–H and O–H groups in total. The van der Waals surface area contributed by atoms with Crippen LogP contribution in [0, 0.1) is 0 Å². The molecule has 0 radical (unpaired) electrons. The second-order valence-corrected chi connectivity index (χ2v) is 5.54. The molecule has 0 aromatic heterocycles. The van der Waals surface area contributed by atoms with Crippen LogP contribution in [0.1, 0.15) is 36.0 Å². The van der Waals surface area contributed by atoms with E-state index in [1.807, 2.05) is 30.5 Å². The van der Waals surface area contributed by atoms with Crippen LogP contribution < -0.4 is 5.32 Å². The van der Waals surface area contributed by atoms with Crippen molar-refractivity contribution in [3.8, 4) is 0 Å². The number of carbonyl (C=O) groups excluding carboxylic acids is 1. The van der Waals surface area contributed by atoms with Gasteiger partial charge in [0.25, 0.3) is 5.91 Å². The summed E-state index contributed by atoms with van der Waals surface area (Å²) in [4.78, 5) is 13.2. The number of aliphatic hydroxyl groups excluding tert-OH is 1. The molecule has 1 saturated carbocycles. The van der Waals surface area contributed by atoms with Gasteiger partial charge in [0.2, 0.25) is 0 Å². The highest BCUT2D eigenvalue weighted by Gasteiger charge is 2.24. The largest absolute Gasteiger partial charge is 0.391 e. The second-order valence-electron chi connectivity index (χ2n) is 4.66. The van der Waals surface area contributed by atoms with Gasteiger partial charge in [0.1, 0.15) is 0 Å². The number of carbonyl (C=O) groups is 1. The van der Waals surface area contributed by atoms with E-state index in [1.54, 1.807) is 11.8 Å². The minimum atomic E-state index is -0.395. The average molecular weight is 265 g/mol. The van der Waals surface area contributed by atoms with Gasteiger partial charge in [0.15, 0.2) is 0 Å². The summed E-state index contributed by atoms with van der Waals surface area (Å²) in [6, 6.07) is 7.45. The van der Waals surface area contributed by atoms with Crippen molar-refractivity contribution in [1.29, 1.82) is 0 Å². The molecule has 1 aliphatic rings. The predicted molar refractivity (Wildman–Crippen MR) is 74.0 cm³/mol. The van der Waals surface area contributed by atoms with Crippen molar-refractivity contribution < 1.29 is 9.90 Å². The maximum absolute atomic E-state index is 12.0. The summed E-state index contributed by atoms with van der Waals surface area (Å²) in [5, 5.41) is 12.8. The van der Waals surface area contributed by atoms with Gasteiger partial charge in [-0.1, -0.05) is 12.8 Å². The van der Waals surface area contributed by atoms with Gasteiger partial charge >= 0.3 is 0 Å². The summed E-state index contributed by atoms with van der Waals surface area (Å²) in [5.41, 5.74) is 0.658. The standard InChI is InChI=1S/C14H19NO2S/c1-18-11-8-6-10(7-9-11)14(17)15-12-4-2-3-5-13(12)16/h6-9,12-13,16H,2-5H2,1H3,(H,15,17)/t12-,13-/m1/s1. The van der Waals surface area contributed by atoms with Crippen molar-refractivity contribution in [2.24, 2.45) is 0 Å². The van der Waals surface area contributed by atoms with Crippen molar-refractivity contribution in [3.05, 3.63) is 29.8 Å². The number of aliphatic hydroxyl groups is 1. The van der Waals surface area contributed by atoms with Crippen LogP contribution in [0.15, 0.2) is 29.2 Å². The Labute approximate surface area is 112 Å². The van der Waals surface area contributed by atoms with E-state index in [2.05, 4.69) is 5.32 Å². The third kappa shape index (κ3) is 3.27. The number of rotatable bonds is 3. The lowest BCUT2D eigenvalue weighted by Crippen LogP contribution is -2.45. The fraction of sp³-hybridized carbons (Fsp3) is 0.500. The van der Waals surface area contributed by atoms with E-state index in [9.17, 15) is 9.90 Å². The third-order valence-electron chi connectivity index (χ3n) is 3.40. The molecule has 98 valence electrons. The number of amides is 1. The summed E-state index contributed by atoms with van der Waals surface area (Å²) < 4.78 is 0. The van der Waals surface area contributed by atoms with Crippen LogP contribution in [0.5, 0.6) is 0 Å². The Bertz CT molecular complexity index is 405. The lowest BCUT2D eigenvalue weighted by Gasteiger charge is -2.28. The Morgan fingerprint density at radius 2 is 1.94 bits per heavy atom. The van der Waals surface area contributed by atoms with Gasteiger partial charge in [-0.3, -0.25) is 4.79 Å². The highest BCUT2D eigenvalue weighted by atomic mass is 32.2. The molecule has 18 heavy (non-hydrogen) atoms. The van der Waals surface area contributed by atoms with E-state index < -0.39 is 6.10 Å². The first-order valence-electron chi connectivity index (χ1n) is 6.33. The van der Waals surface area contributed by atoms with Gasteiger partial charge < -0.3 is 10.4 Å². The smallest absolute Gasteiger partial charge is 0.251 e. The Kier molecular flexibility index (Phi) is 4.66. The van der Waals surface area contributed by atoms with Gasteiger partial charge in [0, 0.05) is 10.5 Å². The summed E-state index contributed by atoms with van der Waals surface area (Å²) in [5.74, 6) is -0.0893. The zero-order valence-corrected chi connectivity index (χ0v) is 11.4. The molecular formula is C14H19NO2S. The molecule has 2 atom stereocenters. The molecule has 0 heterocycles. The molecular weight excluding hydrogens is 246 g/mol. The van der Waals surface area contributed by atoms with E-state index in [-0.39, 0.29) is 11.9 Å². The average Bonchev–Trinajstić information content (AvgIpc) is 2.41. The molecule has 1 aliphatic carbocycles. The molecule has 0 saturated heterocycles. The molecule has 2 rings (SSSR count). The monoisotopic (exact) mass is 265 g/mol. The van der Waals surface area contributed by atoms with Crippen LogP contribution in [0.3, 0.4) is 0 Å². The summed E-state index contributed by atoms with van der Waals surface area (Å²) in [6.45, 7) is 0. The minimum Gasteiger partial charge on any atom is -0.391 e. The SMILES string of the molecule is CSc1ccc(C(=O)N[C@@H]2CCCC[C@H]2O)cc1. The van der Waals surface area contributed by atoms with E-state index in [1.165, 1.54) is 0 Å². The molecule has 0 unspecified atom stereocenters. The topological polar surface area (TPSA) is 49.3 Å². The molecule has 3 nitrogen and oxygen atoms in total. The number of nitrogens with one attached hydrogen (secondary N) is 1. The van der Waals surface area contributed by atoms with E-state index in [0.29, 0.717) is 5.56 Å². The van der Waals surface area contributed by atoms with E-state index in [0.717, 1.165) is 30.6 Å². The molecule has 4 heteroatoms. The van der Waals surface area contributed by atoms with Gasteiger partial charge in [-0.15, -0.1) is 11.8 Å². The molecule has 1 amide bonds. The number of hydrogen-bond acceptors (Lipinski definition) is 3. The molecule has 0 bridgehead atoms. The number of benzene rings is 1. The lowest BCUT2D eigenvalue weighted by molar-refractivity contribution is 0.0717. The van der Waals surface area contributed by atoms with Crippen molar-refractivity contribution in [2.75, 3.05) is 6.26 Å². The fourth-order valence-electron chi connectivity index (χ4n) is 2.27. The van der Waals surface area contributed by atoms with Crippen LogP contribution >= 0.6 is 11.8 Å². The first kappa shape index (κ1) is 13.4. The molecule has 0 aliphatic heterocycles. The number of thioether (sulfide) groups is 1. The quantitative estimate of drug-likeness (QED) is 0.825.